The van der Waals surface area contributed by atoms with E-state index in [2.05, 4.69) is 0 Å². The van der Waals surface area contributed by atoms with Crippen LogP contribution >= 0.6 is 11.3 Å². The first-order valence-corrected chi connectivity index (χ1v) is 6.13. The van der Waals surface area contributed by atoms with Crippen molar-refractivity contribution in [3.05, 3.63) is 56.8 Å². The SMILES string of the molecule is Cc1ccc(C)c(C(=O)c2csc(C)c2)c1. The highest BCUT2D eigenvalue weighted by Crippen LogP contribution is 2.20. The van der Waals surface area contributed by atoms with Gasteiger partial charge in [-0.15, -0.1) is 11.3 Å². The predicted molar refractivity (Wildman–Crippen MR) is 68.4 cm³/mol. The van der Waals surface area contributed by atoms with Gasteiger partial charge < -0.3 is 0 Å². The van der Waals surface area contributed by atoms with Crippen LogP contribution < -0.4 is 0 Å². The molecular weight excluding hydrogens is 216 g/mol. The number of benzene rings is 1. The van der Waals surface area contributed by atoms with Gasteiger partial charge in [0.1, 0.15) is 0 Å². The molecule has 0 spiro atoms. The lowest BCUT2D eigenvalue weighted by molar-refractivity contribution is 0.103. The van der Waals surface area contributed by atoms with Crippen LogP contribution in [0.5, 0.6) is 0 Å². The fourth-order valence-corrected chi connectivity index (χ4v) is 2.38. The molecule has 0 saturated heterocycles. The summed E-state index contributed by atoms with van der Waals surface area (Å²) >= 11 is 1.62. The highest BCUT2D eigenvalue weighted by molar-refractivity contribution is 7.10. The summed E-state index contributed by atoms with van der Waals surface area (Å²) in [5, 5.41) is 1.93. The molecule has 0 saturated carbocycles. The maximum atomic E-state index is 12.2. The number of aryl methyl sites for hydroxylation is 3. The Balaban J connectivity index is 2.45. The molecule has 0 fully saturated rings. The van der Waals surface area contributed by atoms with Crippen molar-refractivity contribution in [3.63, 3.8) is 0 Å². The van der Waals surface area contributed by atoms with Gasteiger partial charge in [-0.05, 0) is 38.5 Å². The Morgan fingerprint density at radius 2 is 1.88 bits per heavy atom. The molecule has 1 aromatic heterocycles. The first-order chi connectivity index (χ1) is 7.58. The molecule has 2 heteroatoms. The Bertz CT molecular complexity index is 537. The molecule has 0 aliphatic rings. The number of hydrogen-bond acceptors (Lipinski definition) is 2. The standard InChI is InChI=1S/C14H14OS/c1-9-4-5-10(2)13(6-9)14(15)12-7-11(3)16-8-12/h4-8H,1-3H3. The average Bonchev–Trinajstić information content (AvgIpc) is 2.67. The van der Waals surface area contributed by atoms with Gasteiger partial charge in [-0.1, -0.05) is 17.7 Å². The lowest BCUT2D eigenvalue weighted by Gasteiger charge is -2.04. The Morgan fingerprint density at radius 3 is 2.50 bits per heavy atom. The fraction of sp³-hybridized carbons (Fsp3) is 0.214. The topological polar surface area (TPSA) is 17.1 Å². The van der Waals surface area contributed by atoms with Crippen LogP contribution in [0.25, 0.3) is 0 Å². The molecule has 0 aliphatic heterocycles. The van der Waals surface area contributed by atoms with Gasteiger partial charge in [0.2, 0.25) is 0 Å². The Hall–Kier alpha value is -1.41. The third-order valence-electron chi connectivity index (χ3n) is 2.63. The van der Waals surface area contributed by atoms with Crippen molar-refractivity contribution in [1.82, 2.24) is 0 Å². The Labute approximate surface area is 99.8 Å². The summed E-state index contributed by atoms with van der Waals surface area (Å²) in [6, 6.07) is 7.95. The third-order valence-corrected chi connectivity index (χ3v) is 3.49. The van der Waals surface area contributed by atoms with E-state index < -0.39 is 0 Å². The van der Waals surface area contributed by atoms with Crippen LogP contribution in [0.4, 0.5) is 0 Å². The van der Waals surface area contributed by atoms with Crippen molar-refractivity contribution in [2.75, 3.05) is 0 Å². The van der Waals surface area contributed by atoms with E-state index in [0.29, 0.717) is 0 Å². The molecule has 0 aliphatic carbocycles. The monoisotopic (exact) mass is 230 g/mol. The normalized spacial score (nSPS) is 10.4. The first kappa shape index (κ1) is 11.1. The number of thiophene rings is 1. The van der Waals surface area contributed by atoms with Crippen molar-refractivity contribution >= 4 is 17.1 Å². The summed E-state index contributed by atoms with van der Waals surface area (Å²) < 4.78 is 0. The molecule has 2 aromatic rings. The van der Waals surface area contributed by atoms with Crippen molar-refractivity contribution in [1.29, 1.82) is 0 Å². The van der Waals surface area contributed by atoms with Gasteiger partial charge in [0.15, 0.2) is 5.78 Å². The molecule has 0 amide bonds. The van der Waals surface area contributed by atoms with E-state index in [1.54, 1.807) is 11.3 Å². The Morgan fingerprint density at radius 1 is 1.12 bits per heavy atom. The van der Waals surface area contributed by atoms with E-state index >= 15 is 0 Å². The summed E-state index contributed by atoms with van der Waals surface area (Å²) in [6.07, 6.45) is 0. The first-order valence-electron chi connectivity index (χ1n) is 5.25. The summed E-state index contributed by atoms with van der Waals surface area (Å²) in [4.78, 5) is 13.4. The summed E-state index contributed by atoms with van der Waals surface area (Å²) in [5.74, 6) is 0.130. The molecule has 82 valence electrons. The summed E-state index contributed by atoms with van der Waals surface area (Å²) in [7, 11) is 0. The van der Waals surface area contributed by atoms with Gasteiger partial charge in [-0.3, -0.25) is 4.79 Å². The van der Waals surface area contributed by atoms with Gasteiger partial charge in [0, 0.05) is 21.4 Å². The molecular formula is C14H14OS. The summed E-state index contributed by atoms with van der Waals surface area (Å²) in [5.41, 5.74) is 3.79. The van der Waals surface area contributed by atoms with Crippen molar-refractivity contribution in [2.24, 2.45) is 0 Å². The minimum atomic E-state index is 0.130. The molecule has 0 unspecified atom stereocenters. The van der Waals surface area contributed by atoms with Gasteiger partial charge >= 0.3 is 0 Å². The second kappa shape index (κ2) is 4.22. The minimum absolute atomic E-state index is 0.130. The highest BCUT2D eigenvalue weighted by Gasteiger charge is 2.12. The van der Waals surface area contributed by atoms with E-state index in [9.17, 15) is 4.79 Å². The zero-order valence-electron chi connectivity index (χ0n) is 9.70. The van der Waals surface area contributed by atoms with Crippen molar-refractivity contribution in [2.45, 2.75) is 20.8 Å². The molecule has 16 heavy (non-hydrogen) atoms. The molecule has 0 N–H and O–H groups in total. The number of carbonyl (C=O) groups excluding carboxylic acids is 1. The van der Waals surface area contributed by atoms with Gasteiger partial charge in [-0.2, -0.15) is 0 Å². The number of ketones is 1. The molecule has 1 heterocycles. The maximum absolute atomic E-state index is 12.2. The molecule has 0 radical (unpaired) electrons. The van der Waals surface area contributed by atoms with Crippen LogP contribution in [0.15, 0.2) is 29.6 Å². The Kier molecular flexibility index (Phi) is 2.92. The molecule has 1 nitrogen and oxygen atoms in total. The van der Waals surface area contributed by atoms with Gasteiger partial charge in [0.25, 0.3) is 0 Å². The lowest BCUT2D eigenvalue weighted by atomic mass is 9.99. The zero-order valence-corrected chi connectivity index (χ0v) is 10.5. The smallest absolute Gasteiger partial charge is 0.194 e. The molecule has 1 aromatic carbocycles. The van der Waals surface area contributed by atoms with E-state index in [-0.39, 0.29) is 5.78 Å². The van der Waals surface area contributed by atoms with E-state index in [4.69, 9.17) is 0 Å². The second-order valence-corrected chi connectivity index (χ2v) is 5.21. The van der Waals surface area contributed by atoms with Crippen molar-refractivity contribution < 1.29 is 4.79 Å². The van der Waals surface area contributed by atoms with Crippen LogP contribution in [0, 0.1) is 20.8 Å². The number of rotatable bonds is 2. The van der Waals surface area contributed by atoms with Crippen LogP contribution in [0.1, 0.15) is 31.9 Å². The lowest BCUT2D eigenvalue weighted by Crippen LogP contribution is -2.02. The van der Waals surface area contributed by atoms with Crippen LogP contribution in [-0.4, -0.2) is 5.78 Å². The second-order valence-electron chi connectivity index (χ2n) is 4.09. The largest absolute Gasteiger partial charge is 0.289 e. The van der Waals surface area contributed by atoms with E-state index in [1.807, 2.05) is 50.4 Å². The van der Waals surface area contributed by atoms with Crippen LogP contribution in [0.3, 0.4) is 0 Å². The highest BCUT2D eigenvalue weighted by atomic mass is 32.1. The molecule has 0 bridgehead atoms. The van der Waals surface area contributed by atoms with Crippen LogP contribution in [-0.2, 0) is 0 Å². The van der Waals surface area contributed by atoms with Gasteiger partial charge in [0.05, 0.1) is 0 Å². The van der Waals surface area contributed by atoms with Gasteiger partial charge in [-0.25, -0.2) is 0 Å². The third kappa shape index (κ3) is 2.07. The fourth-order valence-electron chi connectivity index (χ4n) is 1.70. The average molecular weight is 230 g/mol. The summed E-state index contributed by atoms with van der Waals surface area (Å²) in [6.45, 7) is 6.01. The number of carbonyl (C=O) groups is 1. The molecule has 2 rings (SSSR count). The predicted octanol–water partition coefficient (Wildman–Crippen LogP) is 3.90. The quantitative estimate of drug-likeness (QED) is 0.715. The minimum Gasteiger partial charge on any atom is -0.289 e. The zero-order chi connectivity index (χ0) is 11.7. The number of hydrogen-bond donors (Lipinski definition) is 0. The molecule has 0 atom stereocenters. The van der Waals surface area contributed by atoms with E-state index in [0.717, 1.165) is 22.3 Å². The van der Waals surface area contributed by atoms with Crippen molar-refractivity contribution in [3.8, 4) is 0 Å². The van der Waals surface area contributed by atoms with Crippen LogP contribution in [0.2, 0.25) is 0 Å². The maximum Gasteiger partial charge on any atom is 0.194 e. The van der Waals surface area contributed by atoms with E-state index in [1.165, 1.54) is 4.88 Å².